The van der Waals surface area contributed by atoms with Gasteiger partial charge in [-0.15, -0.1) is 0 Å². The number of nitrogens with zero attached hydrogens (tertiary/aromatic N) is 4. The summed E-state index contributed by atoms with van der Waals surface area (Å²) in [4.78, 5) is 81.6. The second kappa shape index (κ2) is 9.86. The van der Waals surface area contributed by atoms with Crippen LogP contribution in [0.5, 0.6) is 0 Å². The van der Waals surface area contributed by atoms with Crippen LogP contribution in [0.15, 0.2) is 15.0 Å². The molecule has 178 valence electrons. The molecule has 6 N–H and O–H groups in total. The molecule has 0 saturated carbocycles. The fraction of sp³-hybridized carbons (Fsp3) is 0.400. The first kappa shape index (κ1) is 26.2. The Hall–Kier alpha value is -2.01. The van der Waals surface area contributed by atoms with Gasteiger partial charge >= 0.3 is 23.5 Å². The lowest BCUT2D eigenvalue weighted by molar-refractivity contribution is -0.138. The molecule has 2 rings (SSSR count). The van der Waals surface area contributed by atoms with Crippen LogP contribution in [0.2, 0.25) is 0 Å². The Morgan fingerprint density at radius 1 is 1.09 bits per heavy atom. The molecule has 0 fully saturated rings. The fourth-order valence-corrected chi connectivity index (χ4v) is 5.16. The molecule has 19 nitrogen and oxygen atoms in total. The molecule has 22 heteroatoms. The zero-order chi connectivity index (χ0) is 24.3. The van der Waals surface area contributed by atoms with Gasteiger partial charge in [-0.25, -0.2) is 13.7 Å². The van der Waals surface area contributed by atoms with Gasteiger partial charge in [0.1, 0.15) is 6.10 Å². The maximum Gasteiger partial charge on any atom is 0.490 e. The number of amidine groups is 1. The minimum atomic E-state index is -5.77. The predicted molar refractivity (Wildman–Crippen MR) is 98.8 cm³/mol. The summed E-state index contributed by atoms with van der Waals surface area (Å²) in [5, 5.41) is 0. The van der Waals surface area contributed by atoms with Crippen LogP contribution in [0.3, 0.4) is 0 Å². The zero-order valence-corrected chi connectivity index (χ0v) is 17.9. The van der Waals surface area contributed by atoms with Crippen molar-refractivity contribution in [3.8, 4) is 0 Å². The predicted octanol–water partition coefficient (Wildman–Crippen LogP) is -2.60. The topological polar surface area (TPSA) is 287 Å². The van der Waals surface area contributed by atoms with Crippen molar-refractivity contribution in [2.75, 3.05) is 6.61 Å². The third kappa shape index (κ3) is 7.26. The van der Waals surface area contributed by atoms with E-state index in [0.717, 1.165) is 11.2 Å². The van der Waals surface area contributed by atoms with Crippen molar-refractivity contribution in [1.82, 2.24) is 4.90 Å². The van der Waals surface area contributed by atoms with Crippen molar-refractivity contribution in [2.45, 2.75) is 18.4 Å². The molecule has 0 bridgehead atoms. The molecule has 5 atom stereocenters. The van der Waals surface area contributed by atoms with Gasteiger partial charge in [0.05, 0.1) is 12.9 Å². The van der Waals surface area contributed by atoms with Gasteiger partial charge in [-0.3, -0.25) is 24.0 Å². The fourth-order valence-electron chi connectivity index (χ4n) is 2.13. The zero-order valence-electron chi connectivity index (χ0n) is 15.3. The van der Waals surface area contributed by atoms with Crippen LogP contribution in [0.25, 0.3) is 0 Å². The molecule has 32 heavy (non-hydrogen) atoms. The lowest BCUT2D eigenvalue weighted by Crippen LogP contribution is -2.48. The van der Waals surface area contributed by atoms with E-state index in [4.69, 9.17) is 25.2 Å². The average molecular weight is 521 g/mol. The number of carbonyl (C=O) groups is 3. The van der Waals surface area contributed by atoms with Gasteiger partial charge in [0.25, 0.3) is 5.91 Å². The van der Waals surface area contributed by atoms with E-state index in [9.17, 15) is 33.0 Å². The van der Waals surface area contributed by atoms with E-state index in [-0.39, 0.29) is 18.4 Å². The molecular formula is C10H14N5O14P3. The van der Waals surface area contributed by atoms with Gasteiger partial charge in [-0.05, 0) is 0 Å². The number of fused-ring (bicyclic) bond motifs is 1. The molecule has 0 radical (unpaired) electrons. The number of nitrogens with two attached hydrogens (primary N) is 1. The number of guanidine groups is 1. The van der Waals surface area contributed by atoms with E-state index in [1.165, 1.54) is 0 Å². The lowest BCUT2D eigenvalue weighted by Gasteiger charge is -2.27. The number of rotatable bonds is 12. The monoisotopic (exact) mass is 521 g/mol. The molecule has 2 aliphatic heterocycles. The van der Waals surface area contributed by atoms with E-state index in [2.05, 4.69) is 28.1 Å². The third-order valence-corrected chi connectivity index (χ3v) is 7.01. The van der Waals surface area contributed by atoms with Crippen LogP contribution >= 0.6 is 23.5 Å². The van der Waals surface area contributed by atoms with E-state index in [1.807, 2.05) is 0 Å². The van der Waals surface area contributed by atoms with Crippen molar-refractivity contribution in [3.63, 3.8) is 0 Å². The van der Waals surface area contributed by atoms with E-state index in [0.29, 0.717) is 0 Å². The highest BCUT2D eigenvalue weighted by Crippen LogP contribution is 2.66. The molecule has 0 aromatic heterocycles. The van der Waals surface area contributed by atoms with Crippen LogP contribution in [-0.2, 0) is 46.0 Å². The summed E-state index contributed by atoms with van der Waals surface area (Å²) in [6.45, 7) is -1.15. The van der Waals surface area contributed by atoms with Crippen LogP contribution in [0.4, 0.5) is 0 Å². The van der Waals surface area contributed by atoms with Crippen molar-refractivity contribution in [2.24, 2.45) is 20.7 Å². The highest BCUT2D eigenvalue weighted by atomic mass is 31.3. The van der Waals surface area contributed by atoms with E-state index >= 15 is 0 Å². The standard InChI is InChI=1S/C10H14N5O14P3/c11-10-13-8-7(9(18)14-10)12-4-15(8)6(2-17)27-5(1-16)3-26-31(22,23)29-32(24,25)28-30(19,20)21/h1-2,4-7H,3H2,(H,22,23)(H,24,25)(H2,11,14,18)(H2,19,20,21). The quantitative estimate of drug-likeness (QED) is 0.130. The van der Waals surface area contributed by atoms with Gasteiger partial charge in [0, 0.05) is 0 Å². The summed E-state index contributed by atoms with van der Waals surface area (Å²) in [6, 6.07) is -1.21. The number of phosphoric acid groups is 3. The molecule has 0 spiro atoms. The number of ether oxygens (including phenoxy) is 1. The highest BCUT2D eigenvalue weighted by molar-refractivity contribution is 7.66. The smallest absolute Gasteiger partial charge is 0.368 e. The number of amides is 1. The summed E-state index contributed by atoms with van der Waals surface area (Å²) in [5.41, 5.74) is 5.38. The van der Waals surface area contributed by atoms with Crippen LogP contribution in [0.1, 0.15) is 0 Å². The Labute approximate surface area is 177 Å². The van der Waals surface area contributed by atoms with Crippen molar-refractivity contribution >= 4 is 60.1 Å². The summed E-state index contributed by atoms with van der Waals surface area (Å²) in [7, 11) is -16.9. The minimum absolute atomic E-state index is 0.00945. The first-order chi connectivity index (χ1) is 14.7. The largest absolute Gasteiger partial charge is 0.490 e. The van der Waals surface area contributed by atoms with Gasteiger partial charge in [-0.2, -0.15) is 18.6 Å². The molecule has 5 unspecified atom stereocenters. The van der Waals surface area contributed by atoms with Crippen molar-refractivity contribution < 1.29 is 65.5 Å². The maximum absolute atomic E-state index is 11.8. The van der Waals surface area contributed by atoms with Gasteiger partial charge in [0.15, 0.2) is 30.7 Å². The first-order valence-electron chi connectivity index (χ1n) is 7.79. The number of aldehydes is 2. The Morgan fingerprint density at radius 2 is 1.75 bits per heavy atom. The normalized spacial score (nSPS) is 23.9. The molecule has 2 aliphatic rings. The molecular weight excluding hydrogens is 507 g/mol. The highest BCUT2D eigenvalue weighted by Gasteiger charge is 2.42. The number of phosphoric ester groups is 1. The van der Waals surface area contributed by atoms with Gasteiger partial charge in [0.2, 0.25) is 5.96 Å². The molecule has 1 amide bonds. The van der Waals surface area contributed by atoms with Gasteiger partial charge in [-0.1, -0.05) is 0 Å². The first-order valence-corrected chi connectivity index (χ1v) is 12.3. The maximum atomic E-state index is 11.8. The molecule has 0 aliphatic carbocycles. The summed E-state index contributed by atoms with van der Waals surface area (Å²) in [6.07, 6.45) is -2.33. The summed E-state index contributed by atoms with van der Waals surface area (Å²) < 4.78 is 49.9. The summed E-state index contributed by atoms with van der Waals surface area (Å²) >= 11 is 0. The summed E-state index contributed by atoms with van der Waals surface area (Å²) in [5.74, 6) is -1.37. The Morgan fingerprint density at radius 3 is 2.31 bits per heavy atom. The Balaban J connectivity index is 2.03. The molecule has 0 saturated heterocycles. The number of hydrogen-bond donors (Lipinski definition) is 5. The Bertz CT molecular complexity index is 1020. The molecule has 2 heterocycles. The van der Waals surface area contributed by atoms with Gasteiger partial charge < -0.3 is 34.8 Å². The third-order valence-electron chi connectivity index (χ3n) is 3.21. The average Bonchev–Trinajstić information content (AvgIpc) is 3.03. The van der Waals surface area contributed by atoms with E-state index < -0.39 is 60.3 Å². The van der Waals surface area contributed by atoms with Crippen molar-refractivity contribution in [1.29, 1.82) is 0 Å². The Kier molecular flexibility index (Phi) is 8.09. The number of hydrogen-bond acceptors (Lipinski definition) is 14. The molecule has 0 aromatic rings. The second-order valence-corrected chi connectivity index (χ2v) is 10.00. The van der Waals surface area contributed by atoms with E-state index in [1.54, 1.807) is 0 Å². The minimum Gasteiger partial charge on any atom is -0.368 e. The lowest BCUT2D eigenvalue weighted by atomic mass is 10.2. The number of carbonyl (C=O) groups excluding carboxylic acids is 3. The van der Waals surface area contributed by atoms with Crippen LogP contribution in [0, 0.1) is 0 Å². The molecule has 0 aromatic carbocycles. The number of aliphatic imine (C=N–C) groups is 3. The second-order valence-electron chi connectivity index (χ2n) is 5.58. The van der Waals surface area contributed by atoms with Crippen molar-refractivity contribution in [3.05, 3.63) is 0 Å². The van der Waals surface area contributed by atoms with Crippen LogP contribution in [-0.4, -0.2) is 86.1 Å². The SMILES string of the molecule is NC1=NC(=O)C2N=CN(C(C=O)OC(C=O)COP(=O)(O)OP(=O)(O)OP(=O)(O)O)C2=N1. The van der Waals surface area contributed by atoms with Crippen LogP contribution < -0.4 is 5.73 Å².